The van der Waals surface area contributed by atoms with Gasteiger partial charge in [0.05, 0.1) is 0 Å². The van der Waals surface area contributed by atoms with Crippen LogP contribution < -0.4 is 10.2 Å². The zero-order chi connectivity index (χ0) is 19.1. The van der Waals surface area contributed by atoms with Gasteiger partial charge in [-0.3, -0.25) is 4.79 Å². The second-order valence-corrected chi connectivity index (χ2v) is 6.67. The Morgan fingerprint density at radius 2 is 1.85 bits per heavy atom. The summed E-state index contributed by atoms with van der Waals surface area (Å²) in [6.07, 6.45) is 4.66. The van der Waals surface area contributed by atoms with Gasteiger partial charge in [0.15, 0.2) is 0 Å². The molecule has 0 aliphatic heterocycles. The highest BCUT2D eigenvalue weighted by molar-refractivity contribution is 5.94. The monoisotopic (exact) mass is 362 g/mol. The number of benzene rings is 2. The molecule has 0 aliphatic carbocycles. The number of amides is 1. The van der Waals surface area contributed by atoms with Crippen LogP contribution in [-0.2, 0) is 6.54 Å². The van der Waals surface area contributed by atoms with Crippen molar-refractivity contribution in [2.75, 3.05) is 25.0 Å². The predicted molar refractivity (Wildman–Crippen MR) is 109 cm³/mol. The molecule has 1 amide bonds. The lowest BCUT2D eigenvalue weighted by Crippen LogP contribution is -2.28. The van der Waals surface area contributed by atoms with Crippen molar-refractivity contribution in [3.8, 4) is 0 Å². The Morgan fingerprint density at radius 1 is 1.11 bits per heavy atom. The van der Waals surface area contributed by atoms with Crippen LogP contribution in [0.4, 0.5) is 5.69 Å². The van der Waals surface area contributed by atoms with Crippen LogP contribution in [0.1, 0.15) is 28.2 Å². The van der Waals surface area contributed by atoms with Gasteiger partial charge in [0.25, 0.3) is 5.91 Å². The Labute approximate surface area is 160 Å². The quantitative estimate of drug-likeness (QED) is 0.624. The predicted octanol–water partition coefficient (Wildman–Crippen LogP) is 3.50. The van der Waals surface area contributed by atoms with Crippen molar-refractivity contribution in [2.24, 2.45) is 0 Å². The van der Waals surface area contributed by atoms with Crippen molar-refractivity contribution in [3.63, 3.8) is 0 Å². The Balaban J connectivity index is 1.43. The summed E-state index contributed by atoms with van der Waals surface area (Å²) in [7, 11) is 2.07. The van der Waals surface area contributed by atoms with E-state index in [2.05, 4.69) is 38.9 Å². The number of anilines is 1. The largest absolute Gasteiger partial charge is 0.375 e. The van der Waals surface area contributed by atoms with Crippen LogP contribution in [-0.4, -0.2) is 35.6 Å². The number of hydrogen-bond acceptors (Lipinski definition) is 3. The van der Waals surface area contributed by atoms with Crippen LogP contribution in [0.5, 0.6) is 0 Å². The fourth-order valence-corrected chi connectivity index (χ4v) is 2.96. The minimum atomic E-state index is -0.0253. The Kier molecular flexibility index (Phi) is 6.26. The van der Waals surface area contributed by atoms with Gasteiger partial charge in [-0.15, -0.1) is 0 Å². The minimum absolute atomic E-state index is 0.0253. The highest BCUT2D eigenvalue weighted by Crippen LogP contribution is 2.11. The van der Waals surface area contributed by atoms with E-state index in [1.807, 2.05) is 55.6 Å². The zero-order valence-electron chi connectivity index (χ0n) is 15.9. The molecule has 0 aliphatic rings. The zero-order valence-corrected chi connectivity index (χ0v) is 15.9. The molecule has 0 spiro atoms. The highest BCUT2D eigenvalue weighted by Gasteiger charge is 2.06. The topological polar surface area (TPSA) is 50.2 Å². The molecule has 0 atom stereocenters. The molecule has 1 aromatic heterocycles. The third-order valence-electron chi connectivity index (χ3n) is 4.65. The van der Waals surface area contributed by atoms with Crippen LogP contribution in [0.15, 0.2) is 67.0 Å². The molecule has 1 heterocycles. The number of aryl methyl sites for hydroxylation is 1. The van der Waals surface area contributed by atoms with Crippen molar-refractivity contribution in [3.05, 3.63) is 83.9 Å². The number of carbonyl (C=O) groups excluding carboxylic acids is 1. The SMILES string of the molecule is Cc1nccn1Cc1ccc(C(=O)NCCCN(C)c2ccccc2)cc1. The smallest absolute Gasteiger partial charge is 0.251 e. The summed E-state index contributed by atoms with van der Waals surface area (Å²) in [6, 6.07) is 18.0. The third-order valence-corrected chi connectivity index (χ3v) is 4.65. The second-order valence-electron chi connectivity index (χ2n) is 6.67. The lowest BCUT2D eigenvalue weighted by atomic mass is 10.1. The Bertz CT molecular complexity index is 856. The van der Waals surface area contributed by atoms with Gasteiger partial charge in [-0.25, -0.2) is 4.98 Å². The molecule has 3 aromatic rings. The van der Waals surface area contributed by atoms with E-state index in [0.717, 1.165) is 30.9 Å². The van der Waals surface area contributed by atoms with E-state index in [0.29, 0.717) is 12.1 Å². The van der Waals surface area contributed by atoms with Gasteiger partial charge in [-0.05, 0) is 43.2 Å². The summed E-state index contributed by atoms with van der Waals surface area (Å²) >= 11 is 0. The lowest BCUT2D eigenvalue weighted by Gasteiger charge is -2.19. The summed E-state index contributed by atoms with van der Waals surface area (Å²) in [6.45, 7) is 4.30. The number of aromatic nitrogens is 2. The number of nitrogens with zero attached hydrogens (tertiary/aromatic N) is 3. The van der Waals surface area contributed by atoms with Crippen LogP contribution in [0, 0.1) is 6.92 Å². The molecule has 0 saturated carbocycles. The van der Waals surface area contributed by atoms with E-state index in [4.69, 9.17) is 0 Å². The first kappa shape index (κ1) is 18.7. The van der Waals surface area contributed by atoms with Gasteiger partial charge >= 0.3 is 0 Å². The van der Waals surface area contributed by atoms with E-state index >= 15 is 0 Å². The van der Waals surface area contributed by atoms with Crippen LogP contribution in [0.3, 0.4) is 0 Å². The molecule has 0 bridgehead atoms. The van der Waals surface area contributed by atoms with Crippen LogP contribution >= 0.6 is 0 Å². The first-order valence-electron chi connectivity index (χ1n) is 9.24. The van der Waals surface area contributed by atoms with Gasteiger partial charge in [0, 0.05) is 50.3 Å². The van der Waals surface area contributed by atoms with Crippen molar-refractivity contribution in [1.82, 2.24) is 14.9 Å². The molecule has 0 saturated heterocycles. The summed E-state index contributed by atoms with van der Waals surface area (Å²) < 4.78 is 2.08. The second kappa shape index (κ2) is 9.03. The van der Waals surface area contributed by atoms with E-state index in [1.54, 1.807) is 6.20 Å². The summed E-state index contributed by atoms with van der Waals surface area (Å²) in [5, 5.41) is 3.00. The molecule has 2 aromatic carbocycles. The Morgan fingerprint density at radius 3 is 2.52 bits per heavy atom. The summed E-state index contributed by atoms with van der Waals surface area (Å²) in [4.78, 5) is 18.7. The van der Waals surface area contributed by atoms with Crippen molar-refractivity contribution in [1.29, 1.82) is 0 Å². The average Bonchev–Trinajstić information content (AvgIpc) is 3.10. The summed E-state index contributed by atoms with van der Waals surface area (Å²) in [5.74, 6) is 0.958. The maximum Gasteiger partial charge on any atom is 0.251 e. The third kappa shape index (κ3) is 5.20. The molecule has 0 unspecified atom stereocenters. The van der Waals surface area contributed by atoms with Gasteiger partial charge in [0.2, 0.25) is 0 Å². The number of nitrogens with one attached hydrogen (secondary N) is 1. The molecule has 27 heavy (non-hydrogen) atoms. The number of hydrogen-bond donors (Lipinski definition) is 1. The fourth-order valence-electron chi connectivity index (χ4n) is 2.96. The van der Waals surface area contributed by atoms with Crippen molar-refractivity contribution < 1.29 is 4.79 Å². The molecule has 140 valence electrons. The summed E-state index contributed by atoms with van der Waals surface area (Å²) in [5.41, 5.74) is 3.03. The maximum atomic E-state index is 12.3. The average molecular weight is 362 g/mol. The van der Waals surface area contributed by atoms with E-state index in [1.165, 1.54) is 5.69 Å². The van der Waals surface area contributed by atoms with Crippen LogP contribution in [0.25, 0.3) is 0 Å². The first-order valence-corrected chi connectivity index (χ1v) is 9.24. The molecule has 5 nitrogen and oxygen atoms in total. The highest BCUT2D eigenvalue weighted by atomic mass is 16.1. The van der Waals surface area contributed by atoms with Gasteiger partial charge < -0.3 is 14.8 Å². The number of para-hydroxylation sites is 1. The van der Waals surface area contributed by atoms with Crippen molar-refractivity contribution >= 4 is 11.6 Å². The fraction of sp³-hybridized carbons (Fsp3) is 0.273. The molecule has 3 rings (SSSR count). The van der Waals surface area contributed by atoms with E-state index in [9.17, 15) is 4.79 Å². The number of imidazole rings is 1. The van der Waals surface area contributed by atoms with Crippen LogP contribution in [0.2, 0.25) is 0 Å². The normalized spacial score (nSPS) is 10.6. The van der Waals surface area contributed by atoms with Gasteiger partial charge in [-0.2, -0.15) is 0 Å². The lowest BCUT2D eigenvalue weighted by molar-refractivity contribution is 0.0953. The molecular weight excluding hydrogens is 336 g/mol. The number of rotatable bonds is 8. The minimum Gasteiger partial charge on any atom is -0.375 e. The van der Waals surface area contributed by atoms with E-state index in [-0.39, 0.29) is 5.91 Å². The standard InChI is InChI=1S/C22H26N4O/c1-18-23-14-16-26(18)17-19-9-11-20(12-10-19)22(27)24-13-6-15-25(2)21-7-4-3-5-8-21/h3-5,7-12,14,16H,6,13,15,17H2,1-2H3,(H,24,27). The van der Waals surface area contributed by atoms with Crippen molar-refractivity contribution in [2.45, 2.75) is 19.9 Å². The Hall–Kier alpha value is -3.08. The first-order chi connectivity index (χ1) is 13.1. The molecular formula is C22H26N4O. The molecule has 0 radical (unpaired) electrons. The van der Waals surface area contributed by atoms with Gasteiger partial charge in [0.1, 0.15) is 5.82 Å². The van der Waals surface area contributed by atoms with Gasteiger partial charge in [-0.1, -0.05) is 30.3 Å². The number of carbonyl (C=O) groups is 1. The molecule has 5 heteroatoms. The maximum absolute atomic E-state index is 12.3. The molecule has 1 N–H and O–H groups in total. The molecule has 0 fully saturated rings. The van der Waals surface area contributed by atoms with E-state index < -0.39 is 0 Å².